The smallest absolute Gasteiger partial charge is 0.0951 e. The Kier molecular flexibility index (Phi) is 2.76. The Bertz CT molecular complexity index is 551. The average Bonchev–Trinajstić information content (AvgIpc) is 2.65. The molecule has 6 heteroatoms. The van der Waals surface area contributed by atoms with Crippen LogP contribution in [0.5, 0.6) is 0 Å². The zero-order valence-electron chi connectivity index (χ0n) is 8.58. The lowest BCUT2D eigenvalue weighted by atomic mass is 10.1. The van der Waals surface area contributed by atoms with Crippen molar-refractivity contribution < 1.29 is 8.76 Å². The first kappa shape index (κ1) is 10.8. The van der Waals surface area contributed by atoms with Crippen molar-refractivity contribution in [2.75, 3.05) is 5.73 Å². The normalized spacial score (nSPS) is 12.6. The number of aryl methyl sites for hydroxylation is 1. The fraction of sp³-hybridized carbons (Fsp3) is 0.100. The van der Waals surface area contributed by atoms with Gasteiger partial charge in [-0.15, -0.1) is 0 Å². The predicted octanol–water partition coefficient (Wildman–Crippen LogP) is 0.907. The molecule has 1 unspecified atom stereocenters. The first-order valence-electron chi connectivity index (χ1n) is 4.55. The first-order valence-corrected chi connectivity index (χ1v) is 5.62. The van der Waals surface area contributed by atoms with Gasteiger partial charge in [-0.2, -0.15) is 0 Å². The third-order valence-corrected chi connectivity index (χ3v) is 2.84. The first-order chi connectivity index (χ1) is 7.58. The molecule has 0 fully saturated rings. The van der Waals surface area contributed by atoms with E-state index in [0.29, 0.717) is 16.9 Å². The van der Waals surface area contributed by atoms with Crippen LogP contribution in [0.3, 0.4) is 0 Å². The molecule has 1 heterocycles. The molecule has 0 bridgehead atoms. The number of nitrogens with zero attached hydrogens (tertiary/aromatic N) is 2. The average molecular weight is 236 g/mol. The molecule has 16 heavy (non-hydrogen) atoms. The SMILES string of the molecule is Cn1cnc(-c2cc(S(=O)[O-])ccc2N)c1. The number of benzene rings is 1. The molecule has 0 radical (unpaired) electrons. The number of aromatic nitrogens is 2. The highest BCUT2D eigenvalue weighted by Crippen LogP contribution is 2.26. The van der Waals surface area contributed by atoms with Crippen LogP contribution in [0.4, 0.5) is 5.69 Å². The molecule has 2 rings (SSSR count). The molecule has 2 aromatic rings. The van der Waals surface area contributed by atoms with Crippen molar-refractivity contribution in [1.82, 2.24) is 9.55 Å². The minimum Gasteiger partial charge on any atom is -0.768 e. The molecule has 1 aromatic heterocycles. The summed E-state index contributed by atoms with van der Waals surface area (Å²) in [5, 5.41) is 0. The topological polar surface area (TPSA) is 84.0 Å². The van der Waals surface area contributed by atoms with Crippen LogP contribution in [0.15, 0.2) is 35.6 Å². The number of hydrogen-bond donors (Lipinski definition) is 1. The standard InChI is InChI=1S/C10H11N3O2S/c1-13-5-10(12-6-13)8-4-7(16(14)15)2-3-9(8)11/h2-6H,11H2,1H3,(H,14,15)/p-1. The Morgan fingerprint density at radius 2 is 2.25 bits per heavy atom. The van der Waals surface area contributed by atoms with Gasteiger partial charge >= 0.3 is 0 Å². The number of hydrogen-bond acceptors (Lipinski definition) is 4. The van der Waals surface area contributed by atoms with Crippen molar-refractivity contribution in [3.05, 3.63) is 30.7 Å². The minimum atomic E-state index is -2.25. The van der Waals surface area contributed by atoms with E-state index in [9.17, 15) is 8.76 Å². The number of imidazole rings is 1. The highest BCUT2D eigenvalue weighted by Gasteiger charge is 2.06. The van der Waals surface area contributed by atoms with Crippen molar-refractivity contribution >= 4 is 16.8 Å². The molecule has 2 N–H and O–H groups in total. The van der Waals surface area contributed by atoms with Gasteiger partial charge in [0.1, 0.15) is 0 Å². The van der Waals surface area contributed by atoms with Crippen molar-refractivity contribution in [2.45, 2.75) is 4.90 Å². The Morgan fingerprint density at radius 3 is 2.81 bits per heavy atom. The van der Waals surface area contributed by atoms with E-state index in [-0.39, 0.29) is 4.90 Å². The van der Waals surface area contributed by atoms with E-state index in [1.54, 1.807) is 23.2 Å². The van der Waals surface area contributed by atoms with Gasteiger partial charge in [0, 0.05) is 29.4 Å². The lowest BCUT2D eigenvalue weighted by molar-refractivity contribution is 0.537. The fourth-order valence-corrected chi connectivity index (χ4v) is 1.81. The second-order valence-corrected chi connectivity index (χ2v) is 4.35. The van der Waals surface area contributed by atoms with Crippen LogP contribution in [0.2, 0.25) is 0 Å². The van der Waals surface area contributed by atoms with Gasteiger partial charge in [-0.1, -0.05) is 0 Å². The molecule has 0 saturated carbocycles. The van der Waals surface area contributed by atoms with Gasteiger partial charge in [-0.3, -0.25) is 4.21 Å². The monoisotopic (exact) mass is 236 g/mol. The summed E-state index contributed by atoms with van der Waals surface area (Å²) in [6, 6.07) is 4.54. The van der Waals surface area contributed by atoms with Gasteiger partial charge in [0.2, 0.25) is 0 Å². The zero-order chi connectivity index (χ0) is 11.7. The van der Waals surface area contributed by atoms with Gasteiger partial charge in [-0.25, -0.2) is 4.98 Å². The Labute approximate surface area is 95.2 Å². The molecule has 5 nitrogen and oxygen atoms in total. The van der Waals surface area contributed by atoms with E-state index in [2.05, 4.69) is 4.98 Å². The Morgan fingerprint density at radius 1 is 1.50 bits per heavy atom. The summed E-state index contributed by atoms with van der Waals surface area (Å²) in [6.45, 7) is 0. The quantitative estimate of drug-likeness (QED) is 0.620. The summed E-state index contributed by atoms with van der Waals surface area (Å²) >= 11 is -2.25. The number of rotatable bonds is 2. The summed E-state index contributed by atoms with van der Waals surface area (Å²) in [7, 11) is 1.84. The van der Waals surface area contributed by atoms with Crippen LogP contribution >= 0.6 is 0 Å². The van der Waals surface area contributed by atoms with Crippen LogP contribution < -0.4 is 5.73 Å². The van der Waals surface area contributed by atoms with Crippen molar-refractivity contribution in [3.63, 3.8) is 0 Å². The third-order valence-electron chi connectivity index (χ3n) is 2.20. The van der Waals surface area contributed by atoms with Gasteiger partial charge in [0.15, 0.2) is 0 Å². The largest absolute Gasteiger partial charge is 0.768 e. The zero-order valence-corrected chi connectivity index (χ0v) is 9.40. The number of nitrogen functional groups attached to an aromatic ring is 1. The summed E-state index contributed by atoms with van der Waals surface area (Å²) in [5.74, 6) is 0. The minimum absolute atomic E-state index is 0.204. The molecular formula is C10H10N3O2S-. The predicted molar refractivity (Wildman–Crippen MR) is 60.2 cm³/mol. The fourth-order valence-electron chi connectivity index (χ4n) is 1.41. The van der Waals surface area contributed by atoms with Crippen molar-refractivity contribution in [3.8, 4) is 11.3 Å². The molecule has 1 aromatic carbocycles. The highest BCUT2D eigenvalue weighted by atomic mass is 32.2. The second kappa shape index (κ2) is 4.07. The third kappa shape index (κ3) is 1.98. The maximum absolute atomic E-state index is 10.8. The molecule has 0 aliphatic heterocycles. The van der Waals surface area contributed by atoms with Crippen LogP contribution in [-0.4, -0.2) is 18.3 Å². The van der Waals surface area contributed by atoms with E-state index in [1.807, 2.05) is 7.05 Å². The van der Waals surface area contributed by atoms with Gasteiger partial charge in [0.25, 0.3) is 0 Å². The van der Waals surface area contributed by atoms with Crippen LogP contribution in [0, 0.1) is 0 Å². The highest BCUT2D eigenvalue weighted by molar-refractivity contribution is 7.79. The summed E-state index contributed by atoms with van der Waals surface area (Å²) in [6.07, 6.45) is 3.42. The van der Waals surface area contributed by atoms with Crippen molar-refractivity contribution in [1.29, 1.82) is 0 Å². The lowest BCUT2D eigenvalue weighted by Gasteiger charge is -2.08. The van der Waals surface area contributed by atoms with Gasteiger partial charge in [0.05, 0.1) is 12.0 Å². The van der Waals surface area contributed by atoms with E-state index < -0.39 is 11.1 Å². The maximum Gasteiger partial charge on any atom is 0.0951 e. The van der Waals surface area contributed by atoms with Gasteiger partial charge < -0.3 is 14.9 Å². The van der Waals surface area contributed by atoms with Crippen LogP contribution in [0.25, 0.3) is 11.3 Å². The van der Waals surface area contributed by atoms with Crippen LogP contribution in [-0.2, 0) is 18.1 Å². The Hall–Kier alpha value is -1.66. The lowest BCUT2D eigenvalue weighted by Crippen LogP contribution is -1.94. The Balaban J connectivity index is 2.55. The molecule has 0 aliphatic carbocycles. The number of nitrogens with two attached hydrogens (primary N) is 1. The maximum atomic E-state index is 10.8. The number of anilines is 1. The summed E-state index contributed by atoms with van der Waals surface area (Å²) in [5.41, 5.74) is 7.57. The molecule has 0 spiro atoms. The van der Waals surface area contributed by atoms with Gasteiger partial charge in [-0.05, 0) is 29.3 Å². The molecular weight excluding hydrogens is 226 g/mol. The molecule has 0 aliphatic rings. The van der Waals surface area contributed by atoms with E-state index in [0.717, 1.165) is 0 Å². The molecule has 0 saturated heterocycles. The van der Waals surface area contributed by atoms with E-state index in [4.69, 9.17) is 5.73 Å². The van der Waals surface area contributed by atoms with E-state index in [1.165, 1.54) is 12.1 Å². The van der Waals surface area contributed by atoms with Crippen LogP contribution in [0.1, 0.15) is 0 Å². The molecule has 0 amide bonds. The van der Waals surface area contributed by atoms with Crippen molar-refractivity contribution in [2.24, 2.45) is 7.05 Å². The van der Waals surface area contributed by atoms with E-state index >= 15 is 0 Å². The molecule has 84 valence electrons. The second-order valence-electron chi connectivity index (χ2n) is 3.41. The summed E-state index contributed by atoms with van der Waals surface area (Å²) < 4.78 is 23.4. The molecule has 1 atom stereocenters. The summed E-state index contributed by atoms with van der Waals surface area (Å²) in [4.78, 5) is 4.33.